The molecule has 0 aliphatic rings. The first-order valence-electron chi connectivity index (χ1n) is 5.18. The van der Waals surface area contributed by atoms with Gasteiger partial charge in [-0.05, 0) is 19.9 Å². The maximum Gasteiger partial charge on any atom is 0.0905 e. The van der Waals surface area contributed by atoms with Crippen molar-refractivity contribution in [2.45, 2.75) is 19.9 Å². The smallest absolute Gasteiger partial charge is 0.0905 e. The molecule has 1 unspecified atom stereocenters. The maximum atomic E-state index is 6.21. The number of aryl methyl sites for hydroxylation is 1. The molecule has 5 heteroatoms. The zero-order chi connectivity index (χ0) is 12.6. The lowest BCUT2D eigenvalue weighted by Crippen LogP contribution is -2.04. The van der Waals surface area contributed by atoms with E-state index in [1.54, 1.807) is 17.4 Å². The van der Waals surface area contributed by atoms with Crippen LogP contribution in [0.5, 0.6) is 0 Å². The van der Waals surface area contributed by atoms with Gasteiger partial charge >= 0.3 is 0 Å². The number of hydrogen-bond acceptors (Lipinski definition) is 3. The van der Waals surface area contributed by atoms with Gasteiger partial charge in [-0.25, -0.2) is 4.98 Å². The first-order valence-corrected chi connectivity index (χ1v) is 6.75. The number of rotatable bonds is 2. The summed E-state index contributed by atoms with van der Waals surface area (Å²) in [4.78, 5) is 5.53. The summed E-state index contributed by atoms with van der Waals surface area (Å²) in [6.45, 7) is 3.90. The topological polar surface area (TPSA) is 38.9 Å². The van der Waals surface area contributed by atoms with Gasteiger partial charge in [-0.3, -0.25) is 0 Å². The molecule has 0 fully saturated rings. The third-order valence-corrected chi connectivity index (χ3v) is 4.37. The predicted molar refractivity (Wildman–Crippen MR) is 74.9 cm³/mol. The Kier molecular flexibility index (Phi) is 3.73. The van der Waals surface area contributed by atoms with Crippen LogP contribution in [-0.4, -0.2) is 4.98 Å². The van der Waals surface area contributed by atoms with Crippen molar-refractivity contribution in [1.29, 1.82) is 0 Å². The molecule has 0 radical (unpaired) electrons. The molecule has 0 amide bonds. The van der Waals surface area contributed by atoms with Crippen molar-refractivity contribution in [1.82, 2.24) is 4.98 Å². The van der Waals surface area contributed by atoms with Crippen LogP contribution >= 0.6 is 34.5 Å². The molecule has 1 aromatic heterocycles. The van der Waals surface area contributed by atoms with E-state index in [4.69, 9.17) is 28.9 Å². The Morgan fingerprint density at radius 3 is 2.71 bits per heavy atom. The zero-order valence-corrected chi connectivity index (χ0v) is 11.8. The Hall–Kier alpha value is -0.610. The van der Waals surface area contributed by atoms with Gasteiger partial charge in [0.05, 0.1) is 20.7 Å². The molecule has 0 aliphatic heterocycles. The molecule has 90 valence electrons. The lowest BCUT2D eigenvalue weighted by Gasteiger charge is -2.08. The monoisotopic (exact) mass is 286 g/mol. The van der Waals surface area contributed by atoms with Gasteiger partial charge in [0.2, 0.25) is 0 Å². The van der Waals surface area contributed by atoms with E-state index < -0.39 is 0 Å². The third kappa shape index (κ3) is 2.47. The van der Waals surface area contributed by atoms with Crippen molar-refractivity contribution in [3.8, 4) is 11.3 Å². The van der Waals surface area contributed by atoms with Crippen molar-refractivity contribution in [3.05, 3.63) is 38.1 Å². The highest BCUT2D eigenvalue weighted by Crippen LogP contribution is 2.38. The Balaban J connectivity index is 2.64. The number of hydrogen-bond donors (Lipinski definition) is 1. The highest BCUT2D eigenvalue weighted by Gasteiger charge is 2.17. The van der Waals surface area contributed by atoms with Crippen molar-refractivity contribution in [2.75, 3.05) is 0 Å². The van der Waals surface area contributed by atoms with Crippen LogP contribution in [-0.2, 0) is 0 Å². The van der Waals surface area contributed by atoms with Crippen LogP contribution in [0.15, 0.2) is 18.2 Å². The molecule has 0 saturated heterocycles. The van der Waals surface area contributed by atoms with Gasteiger partial charge in [-0.1, -0.05) is 35.3 Å². The molecule has 2 aromatic rings. The lowest BCUT2D eigenvalue weighted by atomic mass is 10.1. The van der Waals surface area contributed by atoms with E-state index in [1.165, 1.54) is 0 Å². The molecule has 0 bridgehead atoms. The summed E-state index contributed by atoms with van der Waals surface area (Å²) in [7, 11) is 0. The zero-order valence-electron chi connectivity index (χ0n) is 9.50. The summed E-state index contributed by atoms with van der Waals surface area (Å²) in [6.07, 6.45) is 0. The number of nitrogens with two attached hydrogens (primary N) is 1. The summed E-state index contributed by atoms with van der Waals surface area (Å²) in [5, 5.41) is 2.04. The summed E-state index contributed by atoms with van der Waals surface area (Å²) < 4.78 is 0. The second-order valence-electron chi connectivity index (χ2n) is 3.84. The fraction of sp³-hybridized carbons (Fsp3) is 0.250. The van der Waals surface area contributed by atoms with Crippen molar-refractivity contribution >= 4 is 34.5 Å². The van der Waals surface area contributed by atoms with Gasteiger partial charge in [0, 0.05) is 16.5 Å². The minimum absolute atomic E-state index is 0.0637. The van der Waals surface area contributed by atoms with Crippen LogP contribution < -0.4 is 5.73 Å². The average Bonchev–Trinajstić information content (AvgIpc) is 2.64. The molecule has 17 heavy (non-hydrogen) atoms. The summed E-state index contributed by atoms with van der Waals surface area (Å²) in [6, 6.07) is 5.47. The molecule has 2 nitrogen and oxygen atoms in total. The van der Waals surface area contributed by atoms with Crippen LogP contribution in [0, 0.1) is 6.92 Å². The van der Waals surface area contributed by atoms with Crippen molar-refractivity contribution in [2.24, 2.45) is 5.73 Å². The fourth-order valence-electron chi connectivity index (χ4n) is 1.63. The highest BCUT2D eigenvalue weighted by atomic mass is 35.5. The van der Waals surface area contributed by atoms with Crippen LogP contribution in [0.1, 0.15) is 22.9 Å². The van der Waals surface area contributed by atoms with Gasteiger partial charge in [-0.15, -0.1) is 11.3 Å². The van der Waals surface area contributed by atoms with Crippen molar-refractivity contribution in [3.63, 3.8) is 0 Å². The van der Waals surface area contributed by atoms with Crippen LogP contribution in [0.3, 0.4) is 0 Å². The molecular formula is C12H12Cl2N2S. The SMILES string of the molecule is Cc1nc(-c2cccc(Cl)c2Cl)c(C(C)N)s1. The Bertz CT molecular complexity index is 549. The van der Waals surface area contributed by atoms with Gasteiger partial charge in [-0.2, -0.15) is 0 Å². The second-order valence-corrected chi connectivity index (χ2v) is 5.86. The standard InChI is InChI=1S/C12H12Cl2N2S/c1-6(15)12-11(16-7(2)17-12)8-4-3-5-9(13)10(8)14/h3-6H,15H2,1-2H3. The normalized spacial score (nSPS) is 12.8. The largest absolute Gasteiger partial charge is 0.323 e. The number of aromatic nitrogens is 1. The van der Waals surface area contributed by atoms with Gasteiger partial charge in [0.25, 0.3) is 0 Å². The molecule has 0 aliphatic carbocycles. The summed E-state index contributed by atoms with van der Waals surface area (Å²) in [5.74, 6) is 0. The Morgan fingerprint density at radius 2 is 2.06 bits per heavy atom. The molecule has 1 aromatic carbocycles. The molecule has 1 heterocycles. The minimum atomic E-state index is -0.0637. The minimum Gasteiger partial charge on any atom is -0.323 e. The molecule has 0 spiro atoms. The predicted octanol–water partition coefficient (Wildman–Crippen LogP) is 4.45. The molecule has 2 rings (SSSR count). The van der Waals surface area contributed by atoms with E-state index in [0.717, 1.165) is 21.1 Å². The Morgan fingerprint density at radius 1 is 1.35 bits per heavy atom. The summed E-state index contributed by atoms with van der Waals surface area (Å²) in [5.41, 5.74) is 7.63. The molecule has 2 N–H and O–H groups in total. The van der Waals surface area contributed by atoms with Gasteiger partial charge in [0.1, 0.15) is 0 Å². The van der Waals surface area contributed by atoms with Crippen LogP contribution in [0.2, 0.25) is 10.0 Å². The van der Waals surface area contributed by atoms with E-state index in [0.29, 0.717) is 10.0 Å². The number of thiazole rings is 1. The first kappa shape index (κ1) is 12.8. The van der Waals surface area contributed by atoms with Crippen LogP contribution in [0.4, 0.5) is 0 Å². The van der Waals surface area contributed by atoms with E-state index in [2.05, 4.69) is 4.98 Å². The number of halogens is 2. The number of nitrogens with zero attached hydrogens (tertiary/aromatic N) is 1. The van der Waals surface area contributed by atoms with Crippen LogP contribution in [0.25, 0.3) is 11.3 Å². The molecule has 1 atom stereocenters. The van der Waals surface area contributed by atoms with Crippen molar-refractivity contribution < 1.29 is 0 Å². The fourth-order valence-corrected chi connectivity index (χ4v) is 2.91. The third-order valence-electron chi connectivity index (χ3n) is 2.38. The van der Waals surface area contributed by atoms with Gasteiger partial charge < -0.3 is 5.73 Å². The van der Waals surface area contributed by atoms with E-state index in [-0.39, 0.29) is 6.04 Å². The molecule has 0 saturated carbocycles. The van der Waals surface area contributed by atoms with Gasteiger partial charge in [0.15, 0.2) is 0 Å². The van der Waals surface area contributed by atoms with E-state index in [9.17, 15) is 0 Å². The quantitative estimate of drug-likeness (QED) is 0.886. The Labute approximate surface area is 114 Å². The maximum absolute atomic E-state index is 6.21. The lowest BCUT2D eigenvalue weighted by molar-refractivity contribution is 0.837. The number of benzene rings is 1. The molecular weight excluding hydrogens is 275 g/mol. The average molecular weight is 287 g/mol. The van der Waals surface area contributed by atoms with E-state index >= 15 is 0 Å². The van der Waals surface area contributed by atoms with E-state index in [1.807, 2.05) is 26.0 Å². The first-order chi connectivity index (χ1) is 8.00. The summed E-state index contributed by atoms with van der Waals surface area (Å²) >= 11 is 13.8. The second kappa shape index (κ2) is 4.94. The highest BCUT2D eigenvalue weighted by molar-refractivity contribution is 7.12.